The summed E-state index contributed by atoms with van der Waals surface area (Å²) in [6, 6.07) is 0. The van der Waals surface area contributed by atoms with E-state index in [-0.39, 0.29) is 29.6 Å². The topological polar surface area (TPSA) is 115 Å². The van der Waals surface area contributed by atoms with Crippen LogP contribution in [0.15, 0.2) is 0 Å². The number of rotatable bonds is 2. The Labute approximate surface area is 99.9 Å². The van der Waals surface area contributed by atoms with Gasteiger partial charge in [-0.3, -0.25) is 9.13 Å². The van der Waals surface area contributed by atoms with Crippen molar-refractivity contribution in [1.82, 2.24) is 0 Å². The molecule has 0 aromatic heterocycles. The van der Waals surface area contributed by atoms with E-state index in [1.807, 2.05) is 0 Å². The van der Waals surface area contributed by atoms with Crippen molar-refractivity contribution in [2.75, 3.05) is 0 Å². The Hall–Kier alpha value is 1.88. The second-order valence-corrected chi connectivity index (χ2v) is 7.85. The molecule has 0 fully saturated rings. The molecule has 0 spiro atoms. The van der Waals surface area contributed by atoms with Gasteiger partial charge in [0.1, 0.15) is 0 Å². The first-order valence-corrected chi connectivity index (χ1v) is 5.97. The molecule has 0 aromatic carbocycles. The van der Waals surface area contributed by atoms with Crippen molar-refractivity contribution < 1.29 is 28.7 Å². The van der Waals surface area contributed by atoms with E-state index in [0.717, 1.165) is 0 Å². The molecule has 0 aliphatic carbocycles. The van der Waals surface area contributed by atoms with Crippen LogP contribution in [0.25, 0.3) is 0 Å². The Morgan fingerprint density at radius 3 is 1.08 bits per heavy atom. The van der Waals surface area contributed by atoms with Gasteiger partial charge in [0.15, 0.2) is 0 Å². The van der Waals surface area contributed by atoms with Crippen LogP contribution in [0.1, 0.15) is 0 Å². The van der Waals surface area contributed by atoms with Crippen molar-refractivity contribution in [3.05, 3.63) is 0 Å². The normalized spacial score (nSPS) is 13.8. The second kappa shape index (κ2) is 4.60. The molecule has 0 saturated heterocycles. The van der Waals surface area contributed by atoms with E-state index in [9.17, 15) is 9.13 Å². The summed E-state index contributed by atoms with van der Waals surface area (Å²) in [5.74, 6) is 0. The van der Waals surface area contributed by atoms with E-state index in [4.69, 9.17) is 42.8 Å². The van der Waals surface area contributed by atoms with Crippen LogP contribution < -0.4 is 0 Å². The number of alkyl halides is 2. The molecule has 70 valence electrons. The van der Waals surface area contributed by atoms with Crippen LogP contribution in [0.2, 0.25) is 0 Å². The average molecular weight is 269 g/mol. The van der Waals surface area contributed by atoms with Crippen molar-refractivity contribution in [3.8, 4) is 0 Å². The Kier molecular flexibility index (Phi) is 6.25. The second-order valence-electron chi connectivity index (χ2n) is 1.60. The van der Waals surface area contributed by atoms with Gasteiger partial charge in [-0.05, 0) is 0 Å². The molecule has 6 nitrogen and oxygen atoms in total. The fourth-order valence-corrected chi connectivity index (χ4v) is 1.53. The summed E-state index contributed by atoms with van der Waals surface area (Å²) in [6.07, 6.45) is 0. The van der Waals surface area contributed by atoms with E-state index in [2.05, 4.69) is 0 Å². The fourth-order valence-electron chi connectivity index (χ4n) is 0.170. The van der Waals surface area contributed by atoms with Crippen LogP contribution in [0.5, 0.6) is 0 Å². The van der Waals surface area contributed by atoms with E-state index >= 15 is 0 Å². The maximum absolute atomic E-state index is 10.2. The molecule has 0 radical (unpaired) electrons. The van der Waals surface area contributed by atoms with Gasteiger partial charge in [-0.15, -0.1) is 0 Å². The van der Waals surface area contributed by atoms with Crippen molar-refractivity contribution in [1.29, 1.82) is 0 Å². The van der Waals surface area contributed by atoms with Gasteiger partial charge >= 0.3 is 48.6 Å². The summed E-state index contributed by atoms with van der Waals surface area (Å²) >= 11 is 9.46. The van der Waals surface area contributed by atoms with Gasteiger partial charge in [0.05, 0.1) is 0 Å². The maximum atomic E-state index is 10.2. The zero-order chi connectivity index (χ0) is 9.50. The first-order chi connectivity index (χ1) is 4.50. The Bertz CT molecular complexity index is 216. The minimum atomic E-state index is -5.22. The SMILES string of the molecule is O=P(O)(O)C(Cl)(Cl)P(=O)(O)O.[NaH]. The van der Waals surface area contributed by atoms with Gasteiger partial charge in [0, 0.05) is 0 Å². The van der Waals surface area contributed by atoms with Crippen molar-refractivity contribution >= 4 is 68.0 Å². The monoisotopic (exact) mass is 268 g/mol. The van der Waals surface area contributed by atoms with Gasteiger partial charge in [-0.1, -0.05) is 23.2 Å². The summed E-state index contributed by atoms with van der Waals surface area (Å²) in [5.41, 5.74) is 0. The van der Waals surface area contributed by atoms with Gasteiger partial charge in [-0.25, -0.2) is 0 Å². The van der Waals surface area contributed by atoms with Gasteiger partial charge in [0.2, 0.25) is 0 Å². The predicted octanol–water partition coefficient (Wildman–Crippen LogP) is -0.218. The molecular formula is CH5Cl2NaO6P2. The summed E-state index contributed by atoms with van der Waals surface area (Å²) in [7, 11) is -10.4. The molecule has 4 N–H and O–H groups in total. The van der Waals surface area contributed by atoms with Crippen LogP contribution in [0.3, 0.4) is 0 Å². The molecule has 0 bridgehead atoms. The summed E-state index contributed by atoms with van der Waals surface area (Å²) < 4.78 is 17.1. The number of hydrogen-bond donors (Lipinski definition) is 4. The van der Waals surface area contributed by atoms with E-state index in [1.165, 1.54) is 0 Å². The van der Waals surface area contributed by atoms with Crippen LogP contribution in [0, 0.1) is 0 Å². The molecular weight excluding hydrogens is 264 g/mol. The molecule has 0 rings (SSSR count). The van der Waals surface area contributed by atoms with Crippen LogP contribution in [0.4, 0.5) is 0 Å². The molecule has 0 saturated carbocycles. The van der Waals surface area contributed by atoms with Crippen LogP contribution >= 0.6 is 38.4 Å². The van der Waals surface area contributed by atoms with Crippen LogP contribution in [-0.4, -0.2) is 52.9 Å². The zero-order valence-electron chi connectivity index (χ0n) is 4.76. The average Bonchev–Trinajstić information content (AvgIpc) is 1.58. The summed E-state index contributed by atoms with van der Waals surface area (Å²) in [6.45, 7) is 0. The molecule has 0 aliphatic rings. The molecule has 0 unspecified atom stereocenters. The summed E-state index contributed by atoms with van der Waals surface area (Å²) in [5, 5.41) is 0. The van der Waals surface area contributed by atoms with Crippen molar-refractivity contribution in [2.45, 2.75) is 3.82 Å². The van der Waals surface area contributed by atoms with Gasteiger partial charge in [-0.2, -0.15) is 0 Å². The zero-order valence-corrected chi connectivity index (χ0v) is 8.06. The van der Waals surface area contributed by atoms with Crippen LogP contribution in [-0.2, 0) is 9.13 Å². The molecule has 12 heavy (non-hydrogen) atoms. The van der Waals surface area contributed by atoms with Crippen molar-refractivity contribution in [3.63, 3.8) is 0 Å². The van der Waals surface area contributed by atoms with Gasteiger partial charge < -0.3 is 19.6 Å². The van der Waals surface area contributed by atoms with Crippen molar-refractivity contribution in [2.24, 2.45) is 0 Å². The quantitative estimate of drug-likeness (QED) is 0.313. The third kappa shape index (κ3) is 3.56. The Morgan fingerprint density at radius 1 is 0.917 bits per heavy atom. The fraction of sp³-hybridized carbons (Fsp3) is 1.00. The first-order valence-electron chi connectivity index (χ1n) is 1.99. The Morgan fingerprint density at radius 2 is 1.08 bits per heavy atom. The Balaban J connectivity index is 0. The van der Waals surface area contributed by atoms with E-state index in [0.29, 0.717) is 0 Å². The molecule has 0 amide bonds. The third-order valence-electron chi connectivity index (χ3n) is 0.701. The number of hydrogen-bond acceptors (Lipinski definition) is 2. The summed E-state index contributed by atoms with van der Waals surface area (Å²) in [4.78, 5) is 32.9. The first kappa shape index (κ1) is 16.3. The molecule has 0 atom stereocenters. The molecule has 0 heterocycles. The standard InChI is InChI=1S/CH4Cl2O6P2.Na.H/c2-1(3,10(4,5)6)11(7,8)9;;/h(H2,4,5,6)(H2,7,8,9);;. The van der Waals surface area contributed by atoms with E-state index < -0.39 is 19.0 Å². The van der Waals surface area contributed by atoms with E-state index in [1.54, 1.807) is 0 Å². The number of halogens is 2. The molecule has 11 heteroatoms. The molecule has 0 aliphatic heterocycles. The predicted molar refractivity (Wildman–Crippen MR) is 45.7 cm³/mol. The third-order valence-corrected chi connectivity index (χ3v) is 6.31. The van der Waals surface area contributed by atoms with Gasteiger partial charge in [0.25, 0.3) is 0 Å². The molecule has 0 aromatic rings. The minimum absolute atomic E-state index is 0.